The van der Waals surface area contributed by atoms with Gasteiger partial charge in [0.25, 0.3) is 5.91 Å². The Morgan fingerprint density at radius 3 is 2.65 bits per heavy atom. The highest BCUT2D eigenvalue weighted by Crippen LogP contribution is 2.41. The van der Waals surface area contributed by atoms with Crippen LogP contribution in [0.4, 0.5) is 14.6 Å². The van der Waals surface area contributed by atoms with Crippen LogP contribution >= 0.6 is 0 Å². The van der Waals surface area contributed by atoms with Gasteiger partial charge >= 0.3 is 17.6 Å². The molecule has 3 atom stereocenters. The van der Waals surface area contributed by atoms with E-state index in [4.69, 9.17) is 9.84 Å². The van der Waals surface area contributed by atoms with Crippen molar-refractivity contribution in [3.05, 3.63) is 58.1 Å². The second kappa shape index (κ2) is 8.88. The molecule has 10 nitrogen and oxygen atoms in total. The van der Waals surface area contributed by atoms with Gasteiger partial charge in [-0.05, 0) is 17.7 Å². The Morgan fingerprint density at radius 2 is 2.03 bits per heavy atom. The summed E-state index contributed by atoms with van der Waals surface area (Å²) in [5.41, 5.74) is -0.655. The average Bonchev–Trinajstić information content (AvgIpc) is 2.97. The maximum Gasteiger partial charge on any atom is 0.351 e. The molecule has 0 radical (unpaired) electrons. The van der Waals surface area contributed by atoms with E-state index in [1.54, 1.807) is 18.2 Å². The SMILES string of the molecule is COC(=O)Cc1ccccc1C(=O)Nc1ccn([C@@H]2O[C@H](CO)[C@@H](O)C2(F)F)c(=O)n1. The van der Waals surface area contributed by atoms with Crippen LogP contribution in [0.15, 0.2) is 41.3 Å². The highest BCUT2D eigenvalue weighted by molar-refractivity contribution is 6.05. The maximum atomic E-state index is 14.2. The molecule has 3 rings (SSSR count). The van der Waals surface area contributed by atoms with E-state index in [0.29, 0.717) is 10.1 Å². The number of aliphatic hydroxyl groups excluding tert-OH is 2. The molecular formula is C19H19F2N3O7. The molecule has 2 heterocycles. The van der Waals surface area contributed by atoms with Gasteiger partial charge in [-0.2, -0.15) is 13.8 Å². The molecule has 1 aliphatic heterocycles. The van der Waals surface area contributed by atoms with Crippen molar-refractivity contribution in [1.82, 2.24) is 9.55 Å². The Morgan fingerprint density at radius 1 is 1.32 bits per heavy atom. The Hall–Kier alpha value is -3.22. The second-order valence-electron chi connectivity index (χ2n) is 6.70. The number of rotatable bonds is 6. The first kappa shape index (κ1) is 22.5. The first-order valence-electron chi connectivity index (χ1n) is 9.06. The largest absolute Gasteiger partial charge is 0.469 e. The van der Waals surface area contributed by atoms with Crippen LogP contribution in [-0.4, -0.2) is 63.5 Å². The number of alkyl halides is 2. The van der Waals surface area contributed by atoms with E-state index in [2.05, 4.69) is 15.0 Å². The van der Waals surface area contributed by atoms with E-state index in [9.17, 15) is 28.3 Å². The lowest BCUT2D eigenvalue weighted by Crippen LogP contribution is -2.41. The molecule has 1 aromatic heterocycles. The molecule has 3 N–H and O–H groups in total. The maximum absolute atomic E-state index is 14.2. The van der Waals surface area contributed by atoms with Crippen molar-refractivity contribution in [2.45, 2.75) is 30.8 Å². The van der Waals surface area contributed by atoms with Crippen LogP contribution in [0.2, 0.25) is 0 Å². The number of nitrogens with zero attached hydrogens (tertiary/aromatic N) is 2. The van der Waals surface area contributed by atoms with E-state index >= 15 is 0 Å². The Labute approximate surface area is 174 Å². The van der Waals surface area contributed by atoms with Crippen molar-refractivity contribution in [3.63, 3.8) is 0 Å². The van der Waals surface area contributed by atoms with Gasteiger partial charge in [0, 0.05) is 11.8 Å². The second-order valence-corrected chi connectivity index (χ2v) is 6.70. The predicted octanol–water partition coefficient (Wildman–Crippen LogP) is 0.0970. The van der Waals surface area contributed by atoms with Gasteiger partial charge in [-0.3, -0.25) is 14.2 Å². The first-order valence-corrected chi connectivity index (χ1v) is 9.06. The molecule has 1 aromatic carbocycles. The van der Waals surface area contributed by atoms with Crippen molar-refractivity contribution >= 4 is 17.7 Å². The number of esters is 1. The van der Waals surface area contributed by atoms with Crippen molar-refractivity contribution in [1.29, 1.82) is 0 Å². The molecule has 0 spiro atoms. The van der Waals surface area contributed by atoms with Crippen molar-refractivity contribution < 1.29 is 38.1 Å². The van der Waals surface area contributed by atoms with Gasteiger partial charge in [-0.1, -0.05) is 18.2 Å². The van der Waals surface area contributed by atoms with Crippen LogP contribution < -0.4 is 11.0 Å². The minimum atomic E-state index is -3.85. The zero-order valence-corrected chi connectivity index (χ0v) is 16.2. The van der Waals surface area contributed by atoms with Crippen LogP contribution in [0.5, 0.6) is 0 Å². The fraction of sp³-hybridized carbons (Fsp3) is 0.368. The molecule has 31 heavy (non-hydrogen) atoms. The molecule has 1 aliphatic rings. The Bertz CT molecular complexity index is 1040. The summed E-state index contributed by atoms with van der Waals surface area (Å²) in [6.45, 7) is -0.867. The topological polar surface area (TPSA) is 140 Å². The number of hydrogen-bond acceptors (Lipinski definition) is 8. The quantitative estimate of drug-likeness (QED) is 0.539. The van der Waals surface area contributed by atoms with Gasteiger partial charge in [-0.15, -0.1) is 0 Å². The Balaban J connectivity index is 1.81. The minimum absolute atomic E-state index is 0.137. The third kappa shape index (κ3) is 4.45. The van der Waals surface area contributed by atoms with Crippen molar-refractivity contribution in [3.8, 4) is 0 Å². The summed E-state index contributed by atoms with van der Waals surface area (Å²) >= 11 is 0. The summed E-state index contributed by atoms with van der Waals surface area (Å²) in [4.78, 5) is 39.9. The van der Waals surface area contributed by atoms with Crippen LogP contribution in [0.25, 0.3) is 0 Å². The van der Waals surface area contributed by atoms with Gasteiger partial charge in [-0.25, -0.2) is 4.79 Å². The number of benzene rings is 1. The number of anilines is 1. The van der Waals surface area contributed by atoms with E-state index in [-0.39, 0.29) is 17.8 Å². The molecular weight excluding hydrogens is 420 g/mol. The monoisotopic (exact) mass is 439 g/mol. The molecule has 1 saturated heterocycles. The number of methoxy groups -OCH3 is 1. The lowest BCUT2D eigenvalue weighted by molar-refractivity contribution is -0.141. The number of halogens is 2. The van der Waals surface area contributed by atoms with Crippen molar-refractivity contribution in [2.24, 2.45) is 0 Å². The predicted molar refractivity (Wildman–Crippen MR) is 101 cm³/mol. The van der Waals surface area contributed by atoms with E-state index < -0.39 is 48.5 Å². The highest BCUT2D eigenvalue weighted by Gasteiger charge is 2.59. The van der Waals surface area contributed by atoms with Crippen LogP contribution in [0.3, 0.4) is 0 Å². The summed E-state index contributed by atoms with van der Waals surface area (Å²) in [7, 11) is 1.21. The number of carbonyl (C=O) groups is 2. The lowest BCUT2D eigenvalue weighted by Gasteiger charge is -2.21. The highest BCUT2D eigenvalue weighted by atomic mass is 19.3. The molecule has 1 fully saturated rings. The number of carbonyl (C=O) groups excluding carboxylic acids is 2. The van der Waals surface area contributed by atoms with Gasteiger partial charge in [0.15, 0.2) is 6.10 Å². The van der Waals surface area contributed by atoms with Crippen LogP contribution in [0.1, 0.15) is 22.1 Å². The number of hydrogen-bond donors (Lipinski definition) is 3. The summed E-state index contributed by atoms with van der Waals surface area (Å²) in [6, 6.07) is 7.31. The third-order valence-corrected chi connectivity index (χ3v) is 4.71. The zero-order chi connectivity index (χ0) is 22.8. The number of aromatic nitrogens is 2. The van der Waals surface area contributed by atoms with E-state index in [1.165, 1.54) is 13.2 Å². The fourth-order valence-corrected chi connectivity index (χ4v) is 3.09. The smallest absolute Gasteiger partial charge is 0.351 e. The average molecular weight is 439 g/mol. The Kier molecular flexibility index (Phi) is 6.43. The number of aliphatic hydroxyl groups is 2. The molecule has 0 unspecified atom stereocenters. The van der Waals surface area contributed by atoms with Gasteiger partial charge in [0.1, 0.15) is 11.9 Å². The number of amides is 1. The molecule has 12 heteroatoms. The zero-order valence-electron chi connectivity index (χ0n) is 16.2. The van der Waals surface area contributed by atoms with E-state index in [0.717, 1.165) is 12.3 Å². The molecule has 0 bridgehead atoms. The summed E-state index contributed by atoms with van der Waals surface area (Å²) < 4.78 is 38.4. The van der Waals surface area contributed by atoms with Gasteiger partial charge in [0.2, 0.25) is 6.23 Å². The van der Waals surface area contributed by atoms with Crippen LogP contribution in [0, 0.1) is 0 Å². The lowest BCUT2D eigenvalue weighted by atomic mass is 10.0. The molecule has 2 aromatic rings. The first-order chi connectivity index (χ1) is 14.7. The molecule has 166 valence electrons. The molecule has 0 aliphatic carbocycles. The number of nitrogens with one attached hydrogen (secondary N) is 1. The standard InChI is InChI=1S/C19H19F2N3O7/c1-30-14(26)8-10-4-2-3-5-11(10)16(28)22-13-6-7-24(18(29)23-13)17-19(20,21)15(27)12(9-25)31-17/h2-7,12,15,17,25,27H,8-9H2,1H3,(H,22,23,28,29)/t12-,15-,17-/m1/s1. The van der Waals surface area contributed by atoms with Crippen molar-refractivity contribution in [2.75, 3.05) is 19.0 Å². The van der Waals surface area contributed by atoms with E-state index in [1.807, 2.05) is 0 Å². The summed E-state index contributed by atoms with van der Waals surface area (Å²) in [5, 5.41) is 21.0. The summed E-state index contributed by atoms with van der Waals surface area (Å²) in [5.74, 6) is -5.31. The molecule has 0 saturated carbocycles. The number of ether oxygens (including phenoxy) is 2. The minimum Gasteiger partial charge on any atom is -0.469 e. The van der Waals surface area contributed by atoms with Gasteiger partial charge in [0.05, 0.1) is 20.1 Å². The fourth-order valence-electron chi connectivity index (χ4n) is 3.09. The third-order valence-electron chi connectivity index (χ3n) is 4.71. The normalized spacial score (nSPS) is 22.2. The van der Waals surface area contributed by atoms with Crippen LogP contribution in [-0.2, 0) is 20.7 Å². The molecule has 1 amide bonds. The summed E-state index contributed by atoms with van der Waals surface area (Å²) in [6.07, 6.45) is -5.28. The van der Waals surface area contributed by atoms with Gasteiger partial charge < -0.3 is 25.0 Å².